The number of morpholine rings is 1. The zero-order chi connectivity index (χ0) is 30.7. The summed E-state index contributed by atoms with van der Waals surface area (Å²) in [5.41, 5.74) is 2.42. The summed E-state index contributed by atoms with van der Waals surface area (Å²) in [5, 5.41) is 0. The Hall–Kier alpha value is -3.32. The molecule has 0 radical (unpaired) electrons. The van der Waals surface area contributed by atoms with Gasteiger partial charge in [0.2, 0.25) is 5.88 Å². The molecular weight excluding hydrogens is 571 g/mol. The Balaban J connectivity index is 1.36. The van der Waals surface area contributed by atoms with E-state index in [2.05, 4.69) is 45.4 Å². The van der Waals surface area contributed by atoms with Gasteiger partial charge >= 0.3 is 0 Å². The van der Waals surface area contributed by atoms with Crippen LogP contribution in [0.15, 0.2) is 53.7 Å². The molecule has 0 unspecified atom stereocenters. The summed E-state index contributed by atoms with van der Waals surface area (Å²) in [4.78, 5) is 15.3. The number of aromatic nitrogens is 2. The molecule has 1 N–H and O–H groups in total. The minimum absolute atomic E-state index is 0.0135. The summed E-state index contributed by atoms with van der Waals surface area (Å²) in [6, 6.07) is 10.6. The molecule has 2 aliphatic heterocycles. The SMILES string of the molecule is CC(C)Oc1ncc(N2CCOCC2)cc1S(=O)(=O)Nc1ccnc(-c2ccc(CN3C[C@@H](C)N(C)[C@@H](C)C3)cc2F)c1. The van der Waals surface area contributed by atoms with Crippen molar-refractivity contribution in [1.82, 2.24) is 19.8 Å². The molecule has 0 saturated carbocycles. The molecule has 43 heavy (non-hydrogen) atoms. The van der Waals surface area contributed by atoms with Crippen LogP contribution in [0.25, 0.3) is 11.3 Å². The second-order valence-electron chi connectivity index (χ2n) is 11.7. The lowest BCUT2D eigenvalue weighted by Crippen LogP contribution is -2.54. The lowest BCUT2D eigenvalue weighted by Gasteiger charge is -2.42. The number of nitrogens with one attached hydrogen (secondary N) is 1. The van der Waals surface area contributed by atoms with Gasteiger partial charge in [0.1, 0.15) is 5.82 Å². The third kappa shape index (κ3) is 7.43. The van der Waals surface area contributed by atoms with Crippen LogP contribution in [0.3, 0.4) is 0 Å². The van der Waals surface area contributed by atoms with Gasteiger partial charge in [-0.15, -0.1) is 0 Å². The van der Waals surface area contributed by atoms with Crippen LogP contribution in [0.4, 0.5) is 15.8 Å². The normalized spacial score (nSPS) is 20.4. The van der Waals surface area contributed by atoms with Gasteiger partial charge in [-0.1, -0.05) is 6.07 Å². The second-order valence-corrected chi connectivity index (χ2v) is 13.3. The lowest BCUT2D eigenvalue weighted by atomic mass is 10.0. The molecule has 2 aromatic heterocycles. The molecule has 0 amide bonds. The van der Waals surface area contributed by atoms with Crippen LogP contribution < -0.4 is 14.4 Å². The number of ether oxygens (including phenoxy) is 2. The van der Waals surface area contributed by atoms with Crippen molar-refractivity contribution in [2.24, 2.45) is 0 Å². The number of hydrogen-bond acceptors (Lipinski definition) is 9. The zero-order valence-electron chi connectivity index (χ0n) is 25.5. The van der Waals surface area contributed by atoms with Crippen molar-refractivity contribution in [1.29, 1.82) is 0 Å². The molecule has 0 bridgehead atoms. The zero-order valence-corrected chi connectivity index (χ0v) is 26.3. The van der Waals surface area contributed by atoms with E-state index in [-0.39, 0.29) is 22.6 Å². The third-order valence-electron chi connectivity index (χ3n) is 7.98. The number of likely N-dealkylation sites (N-methyl/N-ethyl adjacent to an activating group) is 1. The van der Waals surface area contributed by atoms with Gasteiger partial charge in [0.15, 0.2) is 4.90 Å². The maximum atomic E-state index is 15.4. The number of benzene rings is 1. The topological polar surface area (TPSA) is 100 Å². The van der Waals surface area contributed by atoms with Gasteiger partial charge in [0.05, 0.1) is 42.6 Å². The van der Waals surface area contributed by atoms with Gasteiger partial charge in [-0.05, 0) is 70.6 Å². The Labute approximate surface area is 253 Å². The highest BCUT2D eigenvalue weighted by atomic mass is 32.2. The van der Waals surface area contributed by atoms with Crippen LogP contribution in [-0.2, 0) is 21.3 Å². The maximum Gasteiger partial charge on any atom is 0.267 e. The quantitative estimate of drug-likeness (QED) is 0.381. The van der Waals surface area contributed by atoms with Crippen molar-refractivity contribution in [3.8, 4) is 17.1 Å². The predicted octanol–water partition coefficient (Wildman–Crippen LogP) is 4.23. The second kappa shape index (κ2) is 13.1. The summed E-state index contributed by atoms with van der Waals surface area (Å²) in [7, 11) is -1.98. The number of anilines is 2. The van der Waals surface area contributed by atoms with Crippen molar-refractivity contribution in [3.63, 3.8) is 0 Å². The molecule has 0 spiro atoms. The van der Waals surface area contributed by atoms with Crippen LogP contribution in [0, 0.1) is 5.82 Å². The molecule has 2 aliphatic rings. The van der Waals surface area contributed by atoms with E-state index in [1.807, 2.05) is 24.8 Å². The molecule has 232 valence electrons. The number of nitrogens with zero attached hydrogens (tertiary/aromatic N) is 5. The van der Waals surface area contributed by atoms with Crippen molar-refractivity contribution in [2.45, 2.75) is 57.3 Å². The highest BCUT2D eigenvalue weighted by molar-refractivity contribution is 7.92. The van der Waals surface area contributed by atoms with E-state index in [4.69, 9.17) is 9.47 Å². The van der Waals surface area contributed by atoms with Gasteiger partial charge in [0.25, 0.3) is 10.0 Å². The first-order valence-corrected chi connectivity index (χ1v) is 16.2. The highest BCUT2D eigenvalue weighted by Crippen LogP contribution is 2.31. The van der Waals surface area contributed by atoms with Crippen molar-refractivity contribution in [2.75, 3.05) is 56.1 Å². The fourth-order valence-electron chi connectivity index (χ4n) is 5.54. The first-order valence-electron chi connectivity index (χ1n) is 14.7. The molecule has 2 fully saturated rings. The lowest BCUT2D eigenvalue weighted by molar-refractivity contribution is 0.0556. The molecule has 4 heterocycles. The largest absolute Gasteiger partial charge is 0.474 e. The number of hydrogen-bond donors (Lipinski definition) is 1. The van der Waals surface area contributed by atoms with E-state index in [9.17, 15) is 8.42 Å². The predicted molar refractivity (Wildman–Crippen MR) is 165 cm³/mol. The Morgan fingerprint density at radius 2 is 1.79 bits per heavy atom. The standard InChI is InChI=1S/C31H41FN6O4S/c1-21(2)42-31-30(16-26(17-34-31)38-10-12-41-13-11-38)43(39,40)35-25-8-9-33-29(15-25)27-7-6-24(14-28(27)32)20-37-18-22(3)36(5)23(4)19-37/h6-9,14-17,21-23H,10-13,18-20H2,1-5H3,(H,33,35)/t22-,23+. The fraction of sp³-hybridized carbons (Fsp3) is 0.484. The van der Waals surface area contributed by atoms with Crippen LogP contribution in [0.1, 0.15) is 33.3 Å². The molecule has 12 heteroatoms. The van der Waals surface area contributed by atoms with Gasteiger partial charge in [-0.25, -0.2) is 17.8 Å². The Kier molecular flexibility index (Phi) is 9.50. The summed E-state index contributed by atoms with van der Waals surface area (Å²) < 4.78 is 56.6. The Morgan fingerprint density at radius 3 is 2.47 bits per heavy atom. The van der Waals surface area contributed by atoms with Gasteiger partial charge in [0, 0.05) is 56.6 Å². The monoisotopic (exact) mass is 612 g/mol. The smallest absolute Gasteiger partial charge is 0.267 e. The number of pyridine rings is 2. The van der Waals surface area contributed by atoms with E-state index in [1.54, 1.807) is 24.4 Å². The van der Waals surface area contributed by atoms with E-state index in [1.165, 1.54) is 18.3 Å². The van der Waals surface area contributed by atoms with E-state index < -0.39 is 15.8 Å². The number of sulfonamides is 1. The van der Waals surface area contributed by atoms with Crippen molar-refractivity contribution < 1.29 is 22.3 Å². The average molecular weight is 613 g/mol. The Morgan fingerprint density at radius 1 is 1.07 bits per heavy atom. The minimum atomic E-state index is -4.12. The van der Waals surface area contributed by atoms with Crippen LogP contribution in [0.5, 0.6) is 5.88 Å². The van der Waals surface area contributed by atoms with Gasteiger partial charge < -0.3 is 14.4 Å². The summed E-state index contributed by atoms with van der Waals surface area (Å²) in [5.74, 6) is -0.394. The number of piperazine rings is 1. The summed E-state index contributed by atoms with van der Waals surface area (Å²) >= 11 is 0. The Bertz CT molecular complexity index is 1520. The maximum absolute atomic E-state index is 15.4. The van der Waals surface area contributed by atoms with Crippen LogP contribution in [-0.4, -0.2) is 92.8 Å². The molecule has 1 aromatic carbocycles. The first kappa shape index (κ1) is 31.1. The molecule has 2 saturated heterocycles. The summed E-state index contributed by atoms with van der Waals surface area (Å²) in [6.45, 7) is 12.9. The van der Waals surface area contributed by atoms with E-state index >= 15 is 4.39 Å². The van der Waals surface area contributed by atoms with Crippen LogP contribution >= 0.6 is 0 Å². The third-order valence-corrected chi connectivity index (χ3v) is 9.36. The molecule has 5 rings (SSSR count). The molecule has 0 aliphatic carbocycles. The van der Waals surface area contributed by atoms with E-state index in [0.29, 0.717) is 61.9 Å². The fourth-order valence-corrected chi connectivity index (χ4v) is 6.69. The average Bonchev–Trinajstić information content (AvgIpc) is 2.96. The number of halogens is 1. The number of rotatable bonds is 9. The van der Waals surface area contributed by atoms with Crippen molar-refractivity contribution in [3.05, 3.63) is 60.2 Å². The summed E-state index contributed by atoms with van der Waals surface area (Å²) in [6.07, 6.45) is 2.79. The van der Waals surface area contributed by atoms with Crippen LogP contribution in [0.2, 0.25) is 0 Å². The van der Waals surface area contributed by atoms with Gasteiger partial charge in [-0.3, -0.25) is 19.5 Å². The molecule has 10 nitrogen and oxygen atoms in total. The molecule has 3 aromatic rings. The van der Waals surface area contributed by atoms with E-state index in [0.717, 1.165) is 18.7 Å². The minimum Gasteiger partial charge on any atom is -0.474 e. The first-order chi connectivity index (χ1) is 20.5. The highest BCUT2D eigenvalue weighted by Gasteiger charge is 2.27. The molecule has 2 atom stereocenters. The van der Waals surface area contributed by atoms with Gasteiger partial charge in [-0.2, -0.15) is 0 Å². The molecular formula is C31H41FN6O4S. The van der Waals surface area contributed by atoms with Crippen molar-refractivity contribution >= 4 is 21.4 Å².